The third-order valence-corrected chi connectivity index (χ3v) is 6.04. The Morgan fingerprint density at radius 3 is 2.52 bits per heavy atom. The molecule has 4 aromatic rings. The zero-order valence-electron chi connectivity index (χ0n) is 18.5. The van der Waals surface area contributed by atoms with Gasteiger partial charge in [0.05, 0.1) is 22.9 Å². The number of anilines is 1. The number of halogens is 2. The van der Waals surface area contributed by atoms with Gasteiger partial charge in [0, 0.05) is 34.3 Å². The number of nitrogens with one attached hydrogen (secondary N) is 1. The van der Waals surface area contributed by atoms with Crippen molar-refractivity contribution < 1.29 is 13.9 Å². The largest absolute Gasteiger partial charge is 0.493 e. The van der Waals surface area contributed by atoms with Crippen molar-refractivity contribution in [3.05, 3.63) is 88.1 Å². The van der Waals surface area contributed by atoms with Crippen molar-refractivity contribution in [2.45, 2.75) is 20.8 Å². The second kappa shape index (κ2) is 9.74. The molecule has 0 saturated heterocycles. The number of ether oxygens (including phenoxy) is 1. The van der Waals surface area contributed by atoms with Crippen LogP contribution in [0.4, 0.5) is 5.69 Å². The lowest BCUT2D eigenvalue weighted by Gasteiger charge is -2.12. The minimum Gasteiger partial charge on any atom is -0.493 e. The Labute approximate surface area is 202 Å². The van der Waals surface area contributed by atoms with Crippen molar-refractivity contribution in [2.24, 2.45) is 0 Å². The van der Waals surface area contributed by atoms with E-state index in [1.54, 1.807) is 24.5 Å². The molecule has 168 valence electrons. The maximum absolute atomic E-state index is 12.7. The average Bonchev–Trinajstić information content (AvgIpc) is 3.19. The van der Waals surface area contributed by atoms with E-state index in [9.17, 15) is 4.79 Å². The lowest BCUT2D eigenvalue weighted by atomic mass is 9.98. The van der Waals surface area contributed by atoms with Gasteiger partial charge < -0.3 is 14.5 Å². The minimum atomic E-state index is -0.278. The number of carbonyl (C=O) groups is 1. The maximum Gasteiger partial charge on any atom is 0.248 e. The van der Waals surface area contributed by atoms with E-state index < -0.39 is 0 Å². The highest BCUT2D eigenvalue weighted by Gasteiger charge is 2.15. The summed E-state index contributed by atoms with van der Waals surface area (Å²) in [6.07, 6.45) is 3.29. The summed E-state index contributed by atoms with van der Waals surface area (Å²) < 4.78 is 11.7. The number of hydrogen-bond donors (Lipinski definition) is 1. The summed E-state index contributed by atoms with van der Waals surface area (Å²) in [6.45, 7) is 6.35. The van der Waals surface area contributed by atoms with Gasteiger partial charge >= 0.3 is 0 Å². The number of furan rings is 1. The Morgan fingerprint density at radius 1 is 1.06 bits per heavy atom. The van der Waals surface area contributed by atoms with Crippen LogP contribution in [-0.2, 0) is 4.79 Å². The van der Waals surface area contributed by atoms with Crippen LogP contribution in [0.15, 0.2) is 71.4 Å². The van der Waals surface area contributed by atoms with Crippen LogP contribution >= 0.6 is 23.2 Å². The number of amides is 1. The molecule has 0 fully saturated rings. The molecule has 1 aromatic heterocycles. The zero-order chi connectivity index (χ0) is 23.5. The molecule has 1 N–H and O–H groups in total. The molecule has 3 aromatic carbocycles. The van der Waals surface area contributed by atoms with E-state index in [4.69, 9.17) is 32.4 Å². The molecule has 4 nitrogen and oxygen atoms in total. The van der Waals surface area contributed by atoms with Crippen LogP contribution in [0.3, 0.4) is 0 Å². The molecular weight excluding hydrogens is 457 g/mol. The van der Waals surface area contributed by atoms with Crippen molar-refractivity contribution in [1.82, 2.24) is 0 Å². The van der Waals surface area contributed by atoms with Gasteiger partial charge in [-0.15, -0.1) is 0 Å². The summed E-state index contributed by atoms with van der Waals surface area (Å²) in [5, 5.41) is 4.58. The third-order valence-electron chi connectivity index (χ3n) is 5.30. The van der Waals surface area contributed by atoms with E-state index in [0.29, 0.717) is 28.1 Å². The Morgan fingerprint density at radius 2 is 1.82 bits per heavy atom. The summed E-state index contributed by atoms with van der Waals surface area (Å²) >= 11 is 12.0. The Kier molecular flexibility index (Phi) is 6.77. The van der Waals surface area contributed by atoms with E-state index in [2.05, 4.69) is 36.5 Å². The topological polar surface area (TPSA) is 51.5 Å². The van der Waals surface area contributed by atoms with E-state index >= 15 is 0 Å². The maximum atomic E-state index is 12.7. The first-order valence-corrected chi connectivity index (χ1v) is 11.3. The number of aryl methyl sites for hydroxylation is 1. The minimum absolute atomic E-state index is 0.278. The molecule has 1 heterocycles. The second-order valence-electron chi connectivity index (χ2n) is 7.74. The van der Waals surface area contributed by atoms with Gasteiger partial charge in [-0.25, -0.2) is 0 Å². The van der Waals surface area contributed by atoms with Crippen molar-refractivity contribution >= 4 is 51.3 Å². The molecule has 6 heteroatoms. The number of carbonyl (C=O) groups excluding carboxylic acids is 1. The van der Waals surface area contributed by atoms with Crippen LogP contribution in [0.5, 0.6) is 5.75 Å². The van der Waals surface area contributed by atoms with Crippen molar-refractivity contribution in [3.8, 4) is 16.9 Å². The van der Waals surface area contributed by atoms with Gasteiger partial charge in [0.2, 0.25) is 5.91 Å². The summed E-state index contributed by atoms with van der Waals surface area (Å²) in [4.78, 5) is 12.7. The van der Waals surface area contributed by atoms with Gasteiger partial charge in [-0.2, -0.15) is 0 Å². The SMILES string of the molecule is CCOc1cc2occ(-c3ccc(C)cc3)c2cc1/C(C)=C/C(=O)Nc1ccc(Cl)c(Cl)c1. The number of allylic oxidation sites excluding steroid dienone is 1. The quantitative estimate of drug-likeness (QED) is 0.283. The van der Waals surface area contributed by atoms with Crippen LogP contribution in [0.25, 0.3) is 27.7 Å². The molecule has 0 aliphatic carbocycles. The van der Waals surface area contributed by atoms with Crippen LogP contribution in [-0.4, -0.2) is 12.5 Å². The van der Waals surface area contributed by atoms with Gasteiger partial charge in [-0.05, 0) is 56.2 Å². The number of rotatable bonds is 6. The van der Waals surface area contributed by atoms with Gasteiger partial charge in [-0.3, -0.25) is 4.79 Å². The van der Waals surface area contributed by atoms with E-state index in [1.807, 2.05) is 26.0 Å². The van der Waals surface area contributed by atoms with Gasteiger partial charge in [-0.1, -0.05) is 53.0 Å². The number of benzene rings is 3. The standard InChI is InChI=1S/C27H23Cl2NO3/c1-4-32-25-14-26-21(22(15-33-26)18-7-5-16(2)6-8-18)13-20(25)17(3)11-27(31)30-19-9-10-23(28)24(29)12-19/h5-15H,4H2,1-3H3,(H,30,31)/b17-11+. The van der Waals surface area contributed by atoms with Crippen LogP contribution in [0.2, 0.25) is 10.0 Å². The van der Waals surface area contributed by atoms with Crippen LogP contribution in [0, 0.1) is 6.92 Å². The molecule has 0 unspecified atom stereocenters. The summed E-state index contributed by atoms with van der Waals surface area (Å²) in [6, 6.07) is 17.1. The molecule has 0 radical (unpaired) electrons. The van der Waals surface area contributed by atoms with Gasteiger partial charge in [0.15, 0.2) is 0 Å². The molecule has 0 atom stereocenters. The fraction of sp³-hybridized carbons (Fsp3) is 0.148. The van der Waals surface area contributed by atoms with Crippen molar-refractivity contribution in [1.29, 1.82) is 0 Å². The van der Waals surface area contributed by atoms with Crippen LogP contribution < -0.4 is 10.1 Å². The average molecular weight is 480 g/mol. The first kappa shape index (κ1) is 23.0. The highest BCUT2D eigenvalue weighted by molar-refractivity contribution is 6.42. The Bertz CT molecular complexity index is 1350. The summed E-state index contributed by atoms with van der Waals surface area (Å²) in [5.74, 6) is 0.380. The molecule has 4 rings (SSSR count). The van der Waals surface area contributed by atoms with Crippen LogP contribution in [0.1, 0.15) is 25.0 Å². The number of fused-ring (bicyclic) bond motifs is 1. The molecule has 33 heavy (non-hydrogen) atoms. The van der Waals surface area contributed by atoms with Gasteiger partial charge in [0.1, 0.15) is 11.3 Å². The zero-order valence-corrected chi connectivity index (χ0v) is 20.1. The van der Waals surface area contributed by atoms with Gasteiger partial charge in [0.25, 0.3) is 0 Å². The molecule has 1 amide bonds. The van der Waals surface area contributed by atoms with E-state index in [-0.39, 0.29) is 5.91 Å². The molecule has 0 spiro atoms. The second-order valence-corrected chi connectivity index (χ2v) is 8.55. The first-order valence-electron chi connectivity index (χ1n) is 10.6. The normalized spacial score (nSPS) is 11.6. The first-order chi connectivity index (χ1) is 15.9. The highest BCUT2D eigenvalue weighted by Crippen LogP contribution is 2.37. The number of hydrogen-bond acceptors (Lipinski definition) is 3. The van der Waals surface area contributed by atoms with E-state index in [1.165, 1.54) is 11.6 Å². The summed E-state index contributed by atoms with van der Waals surface area (Å²) in [5.41, 5.74) is 6.12. The van der Waals surface area contributed by atoms with E-state index in [0.717, 1.165) is 33.2 Å². The molecule has 0 bridgehead atoms. The highest BCUT2D eigenvalue weighted by atomic mass is 35.5. The fourth-order valence-corrected chi connectivity index (χ4v) is 3.92. The fourth-order valence-electron chi connectivity index (χ4n) is 3.62. The molecule has 0 aliphatic rings. The smallest absolute Gasteiger partial charge is 0.248 e. The molecular formula is C27H23Cl2NO3. The summed E-state index contributed by atoms with van der Waals surface area (Å²) in [7, 11) is 0. The van der Waals surface area contributed by atoms with Crippen molar-refractivity contribution in [3.63, 3.8) is 0 Å². The third kappa shape index (κ3) is 5.08. The predicted octanol–water partition coefficient (Wildman–Crippen LogP) is 8.16. The molecule has 0 aliphatic heterocycles. The lowest BCUT2D eigenvalue weighted by Crippen LogP contribution is -2.08. The van der Waals surface area contributed by atoms with Crippen molar-refractivity contribution in [2.75, 3.05) is 11.9 Å². The Balaban J connectivity index is 1.71. The predicted molar refractivity (Wildman–Crippen MR) is 136 cm³/mol. The Hall–Kier alpha value is -3.21. The molecule has 0 saturated carbocycles. The lowest BCUT2D eigenvalue weighted by molar-refractivity contribution is -0.111. The monoisotopic (exact) mass is 479 g/mol.